The van der Waals surface area contributed by atoms with Gasteiger partial charge in [-0.05, 0) is 24.1 Å². The van der Waals surface area contributed by atoms with Gasteiger partial charge in [-0.2, -0.15) is 0 Å². The third-order valence-corrected chi connectivity index (χ3v) is 3.57. The summed E-state index contributed by atoms with van der Waals surface area (Å²) in [7, 11) is 1.67. The molecule has 1 heterocycles. The molecule has 2 unspecified atom stereocenters. The van der Waals surface area contributed by atoms with Crippen molar-refractivity contribution in [3.05, 3.63) is 29.3 Å². The molecule has 0 aromatic heterocycles. The number of ether oxygens (including phenoxy) is 3. The van der Waals surface area contributed by atoms with Gasteiger partial charge < -0.3 is 19.9 Å². The summed E-state index contributed by atoms with van der Waals surface area (Å²) >= 11 is 0. The molecular formula is C13H17NO3. The Hall–Kier alpha value is -1.10. The second-order valence-electron chi connectivity index (χ2n) is 4.56. The normalized spacial score (nSPS) is 30.8. The van der Waals surface area contributed by atoms with Crippen LogP contribution in [0.15, 0.2) is 18.2 Å². The number of fused-ring (bicyclic) bond motifs is 2. The molecule has 4 nitrogen and oxygen atoms in total. The van der Waals surface area contributed by atoms with E-state index < -0.39 is 5.79 Å². The van der Waals surface area contributed by atoms with Crippen molar-refractivity contribution < 1.29 is 14.2 Å². The lowest BCUT2D eigenvalue weighted by Crippen LogP contribution is -2.28. The smallest absolute Gasteiger partial charge is 0.196 e. The van der Waals surface area contributed by atoms with Gasteiger partial charge in [0.15, 0.2) is 5.79 Å². The van der Waals surface area contributed by atoms with Crippen LogP contribution in [0.3, 0.4) is 0 Å². The van der Waals surface area contributed by atoms with Gasteiger partial charge >= 0.3 is 0 Å². The predicted molar refractivity (Wildman–Crippen MR) is 62.9 cm³/mol. The first-order valence-corrected chi connectivity index (χ1v) is 5.96. The van der Waals surface area contributed by atoms with E-state index in [0.717, 1.165) is 24.2 Å². The fourth-order valence-corrected chi connectivity index (χ4v) is 2.64. The standard InChI is InChI=1S/C13H17NO3/c1-15-10-3-2-9-4-5-13(12(9)6-10)16-8-11(7-14)17-13/h2-3,6,11H,4-5,7-8,14H2,1H3. The Morgan fingerprint density at radius 3 is 3.12 bits per heavy atom. The number of benzene rings is 1. The van der Waals surface area contributed by atoms with Crippen LogP contribution in [0.4, 0.5) is 0 Å². The zero-order valence-corrected chi connectivity index (χ0v) is 9.94. The summed E-state index contributed by atoms with van der Waals surface area (Å²) in [5, 5.41) is 0. The maximum absolute atomic E-state index is 5.98. The highest BCUT2D eigenvalue weighted by Gasteiger charge is 2.47. The van der Waals surface area contributed by atoms with Crippen LogP contribution in [0.1, 0.15) is 17.5 Å². The summed E-state index contributed by atoms with van der Waals surface area (Å²) in [6, 6.07) is 6.08. The van der Waals surface area contributed by atoms with Crippen molar-refractivity contribution in [1.29, 1.82) is 0 Å². The third kappa shape index (κ3) is 1.64. The Kier molecular flexibility index (Phi) is 2.58. The molecule has 4 heteroatoms. The van der Waals surface area contributed by atoms with Gasteiger partial charge in [0.1, 0.15) is 5.75 Å². The van der Waals surface area contributed by atoms with E-state index in [1.807, 2.05) is 12.1 Å². The Morgan fingerprint density at radius 2 is 2.41 bits per heavy atom. The number of nitrogens with two attached hydrogens (primary N) is 1. The van der Waals surface area contributed by atoms with Gasteiger partial charge in [0, 0.05) is 18.5 Å². The van der Waals surface area contributed by atoms with Gasteiger partial charge in [0.2, 0.25) is 0 Å². The molecule has 1 aliphatic heterocycles. The van der Waals surface area contributed by atoms with Crippen molar-refractivity contribution in [1.82, 2.24) is 0 Å². The Balaban J connectivity index is 1.97. The molecule has 1 spiro atoms. The van der Waals surface area contributed by atoms with Gasteiger partial charge in [0.25, 0.3) is 0 Å². The molecule has 17 heavy (non-hydrogen) atoms. The topological polar surface area (TPSA) is 53.7 Å². The number of hydrogen-bond donors (Lipinski definition) is 1. The van der Waals surface area contributed by atoms with Crippen molar-refractivity contribution in [2.24, 2.45) is 5.73 Å². The molecule has 92 valence electrons. The van der Waals surface area contributed by atoms with Crippen LogP contribution in [0.2, 0.25) is 0 Å². The van der Waals surface area contributed by atoms with Gasteiger partial charge in [-0.3, -0.25) is 0 Å². The molecule has 1 saturated heterocycles. The lowest BCUT2D eigenvalue weighted by atomic mass is 10.1. The van der Waals surface area contributed by atoms with Crippen LogP contribution in [0.5, 0.6) is 5.75 Å². The van der Waals surface area contributed by atoms with Gasteiger partial charge in [-0.25, -0.2) is 0 Å². The Bertz CT molecular complexity index is 435. The molecule has 2 atom stereocenters. The fourth-order valence-electron chi connectivity index (χ4n) is 2.64. The van der Waals surface area contributed by atoms with E-state index in [-0.39, 0.29) is 6.10 Å². The molecule has 1 fully saturated rings. The van der Waals surface area contributed by atoms with E-state index in [1.165, 1.54) is 5.56 Å². The average Bonchev–Trinajstić information content (AvgIpc) is 2.95. The number of methoxy groups -OCH3 is 1. The summed E-state index contributed by atoms with van der Waals surface area (Å²) in [4.78, 5) is 0. The maximum Gasteiger partial charge on any atom is 0.196 e. The largest absolute Gasteiger partial charge is 0.497 e. The fraction of sp³-hybridized carbons (Fsp3) is 0.538. The van der Waals surface area contributed by atoms with Crippen LogP contribution in [-0.2, 0) is 21.7 Å². The van der Waals surface area contributed by atoms with Crippen molar-refractivity contribution in [2.75, 3.05) is 20.3 Å². The molecule has 0 saturated carbocycles. The second-order valence-corrected chi connectivity index (χ2v) is 4.56. The number of hydrogen-bond acceptors (Lipinski definition) is 4. The first-order chi connectivity index (χ1) is 8.27. The van der Waals surface area contributed by atoms with Gasteiger partial charge in [-0.15, -0.1) is 0 Å². The molecule has 2 N–H and O–H groups in total. The summed E-state index contributed by atoms with van der Waals surface area (Å²) in [5.41, 5.74) is 8.02. The van der Waals surface area contributed by atoms with Gasteiger partial charge in [0.05, 0.1) is 19.8 Å². The van der Waals surface area contributed by atoms with Gasteiger partial charge in [-0.1, -0.05) is 6.07 Å². The molecule has 0 bridgehead atoms. The number of aryl methyl sites for hydroxylation is 1. The second kappa shape index (κ2) is 3.98. The minimum Gasteiger partial charge on any atom is -0.497 e. The summed E-state index contributed by atoms with van der Waals surface area (Å²) in [5.74, 6) is 0.266. The minimum absolute atomic E-state index is 0.00662. The monoisotopic (exact) mass is 235 g/mol. The molecular weight excluding hydrogens is 218 g/mol. The first-order valence-electron chi connectivity index (χ1n) is 5.96. The van der Waals surface area contributed by atoms with E-state index in [4.69, 9.17) is 19.9 Å². The van der Waals surface area contributed by atoms with E-state index in [0.29, 0.717) is 13.2 Å². The van der Waals surface area contributed by atoms with E-state index in [2.05, 4.69) is 6.07 Å². The van der Waals surface area contributed by atoms with Crippen LogP contribution in [0.25, 0.3) is 0 Å². The summed E-state index contributed by atoms with van der Waals surface area (Å²) in [6.45, 7) is 1.08. The average molecular weight is 235 g/mol. The molecule has 3 rings (SSSR count). The minimum atomic E-state index is -0.575. The first kappa shape index (κ1) is 11.0. The lowest BCUT2D eigenvalue weighted by molar-refractivity contribution is -0.173. The molecule has 2 aliphatic rings. The highest BCUT2D eigenvalue weighted by Crippen LogP contribution is 2.46. The van der Waals surface area contributed by atoms with Crippen molar-refractivity contribution in [3.8, 4) is 5.75 Å². The van der Waals surface area contributed by atoms with E-state index >= 15 is 0 Å². The summed E-state index contributed by atoms with van der Waals surface area (Å²) < 4.78 is 17.1. The summed E-state index contributed by atoms with van der Waals surface area (Å²) in [6.07, 6.45) is 1.86. The molecule has 0 amide bonds. The zero-order valence-electron chi connectivity index (χ0n) is 9.94. The Morgan fingerprint density at radius 1 is 1.53 bits per heavy atom. The van der Waals surface area contributed by atoms with E-state index in [9.17, 15) is 0 Å². The predicted octanol–water partition coefficient (Wildman–Crippen LogP) is 1.17. The maximum atomic E-state index is 5.98. The third-order valence-electron chi connectivity index (χ3n) is 3.57. The highest BCUT2D eigenvalue weighted by atomic mass is 16.7. The zero-order chi connectivity index (χ0) is 11.9. The number of rotatable bonds is 2. The lowest BCUT2D eigenvalue weighted by Gasteiger charge is -2.24. The highest BCUT2D eigenvalue weighted by molar-refractivity contribution is 5.42. The van der Waals surface area contributed by atoms with Crippen LogP contribution in [-0.4, -0.2) is 26.4 Å². The molecule has 1 aromatic rings. The van der Waals surface area contributed by atoms with Crippen LogP contribution in [0, 0.1) is 0 Å². The van der Waals surface area contributed by atoms with Crippen LogP contribution < -0.4 is 10.5 Å². The molecule has 0 radical (unpaired) electrons. The quantitative estimate of drug-likeness (QED) is 0.836. The van der Waals surface area contributed by atoms with Crippen molar-refractivity contribution >= 4 is 0 Å². The van der Waals surface area contributed by atoms with Crippen LogP contribution >= 0.6 is 0 Å². The van der Waals surface area contributed by atoms with Crippen molar-refractivity contribution in [3.63, 3.8) is 0 Å². The van der Waals surface area contributed by atoms with E-state index in [1.54, 1.807) is 7.11 Å². The Labute approximate surface area is 101 Å². The SMILES string of the molecule is COc1ccc2c(c1)C1(CC2)OCC(CN)O1. The van der Waals surface area contributed by atoms with Crippen molar-refractivity contribution in [2.45, 2.75) is 24.7 Å². The molecule has 1 aliphatic carbocycles. The molecule has 1 aromatic carbocycles.